The Morgan fingerprint density at radius 1 is 0.964 bits per heavy atom. The van der Waals surface area contributed by atoms with E-state index in [2.05, 4.69) is 40.2 Å². The number of fused-ring (bicyclic) bond motifs is 3. The van der Waals surface area contributed by atoms with Crippen molar-refractivity contribution in [3.8, 4) is 0 Å². The SMILES string of the molecule is Cl.c1ccc(CN(Cc2ccco2)c2ncnc3sc4c(c23)CCCC4)cc1. The van der Waals surface area contributed by atoms with Gasteiger partial charge in [-0.2, -0.15) is 0 Å². The normalized spacial score (nSPS) is 13.1. The predicted molar refractivity (Wildman–Crippen MR) is 116 cm³/mol. The van der Waals surface area contributed by atoms with E-state index in [1.54, 1.807) is 12.6 Å². The molecule has 3 aromatic heterocycles. The lowest BCUT2D eigenvalue weighted by Gasteiger charge is -2.24. The zero-order valence-corrected chi connectivity index (χ0v) is 17.1. The molecule has 0 N–H and O–H groups in total. The van der Waals surface area contributed by atoms with Gasteiger partial charge in [0.1, 0.15) is 22.7 Å². The van der Waals surface area contributed by atoms with Gasteiger partial charge in [0.2, 0.25) is 0 Å². The Labute approximate surface area is 174 Å². The summed E-state index contributed by atoms with van der Waals surface area (Å²) >= 11 is 1.84. The van der Waals surface area contributed by atoms with Gasteiger partial charge in [-0.1, -0.05) is 30.3 Å². The fraction of sp³-hybridized carbons (Fsp3) is 0.273. The average Bonchev–Trinajstić information content (AvgIpc) is 3.35. The van der Waals surface area contributed by atoms with Gasteiger partial charge >= 0.3 is 0 Å². The maximum Gasteiger partial charge on any atom is 0.141 e. The maximum atomic E-state index is 5.65. The zero-order valence-electron chi connectivity index (χ0n) is 15.5. The third-order valence-electron chi connectivity index (χ3n) is 5.17. The van der Waals surface area contributed by atoms with E-state index in [1.807, 2.05) is 23.5 Å². The van der Waals surface area contributed by atoms with E-state index < -0.39 is 0 Å². The lowest BCUT2D eigenvalue weighted by Crippen LogP contribution is -2.23. The van der Waals surface area contributed by atoms with Crippen molar-refractivity contribution in [1.29, 1.82) is 0 Å². The van der Waals surface area contributed by atoms with E-state index in [0.717, 1.165) is 29.4 Å². The molecule has 0 fully saturated rings. The summed E-state index contributed by atoms with van der Waals surface area (Å²) in [6.45, 7) is 1.48. The van der Waals surface area contributed by atoms with Crippen molar-refractivity contribution in [3.63, 3.8) is 0 Å². The number of rotatable bonds is 5. The molecule has 28 heavy (non-hydrogen) atoms. The van der Waals surface area contributed by atoms with E-state index >= 15 is 0 Å². The monoisotopic (exact) mass is 411 g/mol. The number of furan rings is 1. The molecular weight excluding hydrogens is 390 g/mol. The lowest BCUT2D eigenvalue weighted by atomic mass is 9.97. The molecule has 1 aromatic carbocycles. The third kappa shape index (κ3) is 3.64. The molecule has 5 rings (SSSR count). The highest BCUT2D eigenvalue weighted by atomic mass is 35.5. The molecule has 6 heteroatoms. The third-order valence-corrected chi connectivity index (χ3v) is 6.37. The highest BCUT2D eigenvalue weighted by Crippen LogP contribution is 2.39. The summed E-state index contributed by atoms with van der Waals surface area (Å²) in [5, 5.41) is 1.25. The molecule has 0 amide bonds. The second-order valence-corrected chi connectivity index (χ2v) is 8.09. The van der Waals surface area contributed by atoms with E-state index in [4.69, 9.17) is 9.40 Å². The molecule has 0 radical (unpaired) electrons. The van der Waals surface area contributed by atoms with E-state index in [1.165, 1.54) is 40.7 Å². The van der Waals surface area contributed by atoms with Gasteiger partial charge in [0.05, 0.1) is 18.2 Å². The number of benzene rings is 1. The van der Waals surface area contributed by atoms with Crippen molar-refractivity contribution in [1.82, 2.24) is 9.97 Å². The highest BCUT2D eigenvalue weighted by molar-refractivity contribution is 7.19. The molecule has 4 nitrogen and oxygen atoms in total. The highest BCUT2D eigenvalue weighted by Gasteiger charge is 2.23. The minimum Gasteiger partial charge on any atom is -0.467 e. The quantitative estimate of drug-likeness (QED) is 0.416. The summed E-state index contributed by atoms with van der Waals surface area (Å²) in [5.74, 6) is 1.97. The second-order valence-electron chi connectivity index (χ2n) is 7.01. The largest absolute Gasteiger partial charge is 0.467 e. The van der Waals surface area contributed by atoms with E-state index in [0.29, 0.717) is 6.54 Å². The van der Waals surface area contributed by atoms with Crippen LogP contribution in [0.1, 0.15) is 34.6 Å². The average molecular weight is 412 g/mol. The first-order valence-electron chi connectivity index (χ1n) is 9.45. The number of nitrogens with zero attached hydrogens (tertiary/aromatic N) is 3. The van der Waals surface area contributed by atoms with Crippen LogP contribution >= 0.6 is 23.7 Å². The van der Waals surface area contributed by atoms with Gasteiger partial charge in [-0.3, -0.25) is 0 Å². The minimum atomic E-state index is 0. The van der Waals surface area contributed by atoms with E-state index in [-0.39, 0.29) is 12.4 Å². The molecule has 1 aliphatic carbocycles. The van der Waals surface area contributed by atoms with Crippen molar-refractivity contribution in [3.05, 3.63) is 76.8 Å². The van der Waals surface area contributed by atoms with Crippen LogP contribution in [0.5, 0.6) is 0 Å². The molecule has 0 saturated carbocycles. The number of halogens is 1. The van der Waals surface area contributed by atoms with Crippen LogP contribution in [0.25, 0.3) is 10.2 Å². The number of hydrogen-bond acceptors (Lipinski definition) is 5. The first-order valence-corrected chi connectivity index (χ1v) is 10.3. The molecule has 0 spiro atoms. The predicted octanol–water partition coefficient (Wildman–Crippen LogP) is 5.79. The molecule has 0 unspecified atom stereocenters. The number of hydrogen-bond donors (Lipinski definition) is 0. The summed E-state index contributed by atoms with van der Waals surface area (Å²) in [6, 6.07) is 14.5. The standard InChI is InChI=1S/C22H21N3OS.ClH/c1-2-7-16(8-3-1)13-25(14-17-9-6-12-26-17)21-20-18-10-4-5-11-19(18)27-22(20)24-15-23-21;/h1-3,6-9,12,15H,4-5,10-11,13-14H2;1H. The van der Waals surface area contributed by atoms with Crippen LogP contribution < -0.4 is 4.90 Å². The Balaban J connectivity index is 0.00000192. The Morgan fingerprint density at radius 2 is 1.82 bits per heavy atom. The summed E-state index contributed by atoms with van der Waals surface area (Å²) in [7, 11) is 0. The van der Waals surface area contributed by atoms with E-state index in [9.17, 15) is 0 Å². The van der Waals surface area contributed by atoms with Gasteiger partial charge in [0.15, 0.2) is 0 Å². The van der Waals surface area contributed by atoms with Gasteiger partial charge < -0.3 is 9.32 Å². The summed E-state index contributed by atoms with van der Waals surface area (Å²) < 4.78 is 5.65. The van der Waals surface area contributed by atoms with Gasteiger partial charge in [-0.25, -0.2) is 9.97 Å². The van der Waals surface area contributed by atoms with Crippen molar-refractivity contribution < 1.29 is 4.42 Å². The van der Waals surface area contributed by atoms with Gasteiger partial charge in [-0.05, 0) is 48.9 Å². The van der Waals surface area contributed by atoms with Crippen LogP contribution in [0.3, 0.4) is 0 Å². The molecular formula is C22H22ClN3OS. The molecule has 3 heterocycles. The lowest BCUT2D eigenvalue weighted by molar-refractivity contribution is 0.501. The minimum absolute atomic E-state index is 0. The molecule has 0 saturated heterocycles. The summed E-state index contributed by atoms with van der Waals surface area (Å²) in [5.41, 5.74) is 2.73. The molecule has 144 valence electrons. The first-order chi connectivity index (χ1) is 13.4. The van der Waals surface area contributed by atoms with Gasteiger partial charge in [-0.15, -0.1) is 23.7 Å². The summed E-state index contributed by atoms with van der Waals surface area (Å²) in [4.78, 5) is 14.3. The van der Waals surface area contributed by atoms with Crippen molar-refractivity contribution in [2.75, 3.05) is 4.90 Å². The van der Waals surface area contributed by atoms with Crippen molar-refractivity contribution >= 4 is 39.8 Å². The number of anilines is 1. The Kier molecular flexibility index (Phi) is 5.64. The fourth-order valence-electron chi connectivity index (χ4n) is 3.91. The number of aryl methyl sites for hydroxylation is 2. The second kappa shape index (κ2) is 8.33. The molecule has 4 aromatic rings. The molecule has 0 aliphatic heterocycles. The maximum absolute atomic E-state index is 5.65. The van der Waals surface area contributed by atoms with Crippen molar-refractivity contribution in [2.24, 2.45) is 0 Å². The molecule has 0 atom stereocenters. The Morgan fingerprint density at radius 3 is 2.64 bits per heavy atom. The smallest absolute Gasteiger partial charge is 0.141 e. The van der Waals surface area contributed by atoms with Crippen LogP contribution in [0.15, 0.2) is 59.5 Å². The topological polar surface area (TPSA) is 42.2 Å². The van der Waals surface area contributed by atoms with Crippen LogP contribution in [-0.2, 0) is 25.9 Å². The van der Waals surface area contributed by atoms with Crippen LogP contribution in [0.2, 0.25) is 0 Å². The molecule has 1 aliphatic rings. The zero-order chi connectivity index (χ0) is 18.1. The Hall–Kier alpha value is -2.37. The van der Waals surface area contributed by atoms with Crippen LogP contribution in [0.4, 0.5) is 5.82 Å². The number of aromatic nitrogens is 2. The number of thiophene rings is 1. The Bertz CT molecular complexity index is 1050. The van der Waals surface area contributed by atoms with Crippen LogP contribution in [0, 0.1) is 0 Å². The first kappa shape index (κ1) is 19.0. The van der Waals surface area contributed by atoms with Gasteiger partial charge in [0, 0.05) is 11.4 Å². The van der Waals surface area contributed by atoms with Gasteiger partial charge in [0.25, 0.3) is 0 Å². The fourth-order valence-corrected chi connectivity index (χ4v) is 5.14. The van der Waals surface area contributed by atoms with Crippen LogP contribution in [-0.4, -0.2) is 9.97 Å². The van der Waals surface area contributed by atoms with Crippen molar-refractivity contribution in [2.45, 2.75) is 38.8 Å². The molecule has 0 bridgehead atoms. The summed E-state index contributed by atoms with van der Waals surface area (Å²) in [6.07, 6.45) is 8.28.